The topological polar surface area (TPSA) is 26.7 Å². The lowest BCUT2D eigenvalue weighted by molar-refractivity contribution is 0.0217. The van der Waals surface area contributed by atoms with Crippen molar-refractivity contribution < 1.29 is 9.50 Å². The first-order valence-corrected chi connectivity index (χ1v) is 9.10. The first kappa shape index (κ1) is 16.9. The summed E-state index contributed by atoms with van der Waals surface area (Å²) < 4.78 is 13.9. The minimum atomic E-state index is -0.120. The van der Waals surface area contributed by atoms with Crippen molar-refractivity contribution >= 4 is 0 Å². The Kier molecular flexibility index (Phi) is 6.03. The molecule has 0 radical (unpaired) electrons. The van der Waals surface area contributed by atoms with Crippen molar-refractivity contribution in [1.82, 2.24) is 9.80 Å². The maximum atomic E-state index is 13.9. The van der Waals surface area contributed by atoms with Gasteiger partial charge in [0.25, 0.3) is 0 Å². The molecule has 23 heavy (non-hydrogen) atoms. The van der Waals surface area contributed by atoms with Crippen LogP contribution >= 0.6 is 0 Å². The minimum Gasteiger partial charge on any atom is -0.396 e. The molecule has 2 aliphatic rings. The molecule has 1 aliphatic carbocycles. The number of aliphatic hydroxyl groups excluding tert-OH is 1. The summed E-state index contributed by atoms with van der Waals surface area (Å²) in [5.74, 6) is -0.120. The van der Waals surface area contributed by atoms with Gasteiger partial charge in [-0.2, -0.15) is 0 Å². The minimum absolute atomic E-state index is 0.120. The predicted octanol–water partition coefficient (Wildman–Crippen LogP) is 3.03. The second-order valence-corrected chi connectivity index (χ2v) is 7.01. The van der Waals surface area contributed by atoms with E-state index in [-0.39, 0.29) is 12.4 Å². The van der Waals surface area contributed by atoms with Gasteiger partial charge in [0.2, 0.25) is 0 Å². The summed E-state index contributed by atoms with van der Waals surface area (Å²) in [5.41, 5.74) is 0.765. The van der Waals surface area contributed by atoms with E-state index in [0.29, 0.717) is 12.6 Å². The van der Waals surface area contributed by atoms with E-state index in [1.54, 1.807) is 6.07 Å². The largest absolute Gasteiger partial charge is 0.396 e. The van der Waals surface area contributed by atoms with Gasteiger partial charge in [0.05, 0.1) is 0 Å². The smallest absolute Gasteiger partial charge is 0.127 e. The normalized spacial score (nSPS) is 24.9. The zero-order valence-corrected chi connectivity index (χ0v) is 14.0. The van der Waals surface area contributed by atoms with E-state index in [9.17, 15) is 9.50 Å². The first-order chi connectivity index (χ1) is 11.3. The molecule has 3 rings (SSSR count). The summed E-state index contributed by atoms with van der Waals surface area (Å²) in [6, 6.07) is 8.10. The molecule has 1 atom stereocenters. The van der Waals surface area contributed by atoms with E-state index in [2.05, 4.69) is 9.80 Å². The summed E-state index contributed by atoms with van der Waals surface area (Å²) >= 11 is 0. The molecule has 1 heterocycles. The Balaban J connectivity index is 1.63. The lowest BCUT2D eigenvalue weighted by atomic mass is 9.92. The molecule has 0 bridgehead atoms. The monoisotopic (exact) mass is 320 g/mol. The molecular formula is C19H29FN2O. The molecular weight excluding hydrogens is 291 g/mol. The maximum Gasteiger partial charge on any atom is 0.127 e. The van der Waals surface area contributed by atoms with Crippen LogP contribution in [-0.2, 0) is 6.54 Å². The molecule has 1 saturated heterocycles. The van der Waals surface area contributed by atoms with Crippen LogP contribution in [0.1, 0.15) is 44.1 Å². The van der Waals surface area contributed by atoms with Gasteiger partial charge in [0.1, 0.15) is 5.82 Å². The summed E-state index contributed by atoms with van der Waals surface area (Å²) in [6.45, 7) is 3.91. The Morgan fingerprint density at radius 1 is 1.09 bits per heavy atom. The van der Waals surface area contributed by atoms with Crippen LogP contribution in [0.4, 0.5) is 4.39 Å². The molecule has 1 aliphatic heterocycles. The standard InChI is InChI=1S/C19H29FN2O/c20-19-9-5-4-6-16(19)14-21-11-12-22(15-18(21)10-13-23)17-7-2-1-3-8-17/h4-6,9,17-18,23H,1-3,7-8,10-15H2/t18-/m1/s1. The third kappa shape index (κ3) is 4.31. The highest BCUT2D eigenvalue weighted by Crippen LogP contribution is 2.26. The van der Waals surface area contributed by atoms with Gasteiger partial charge < -0.3 is 5.11 Å². The average Bonchev–Trinajstić information content (AvgIpc) is 2.59. The van der Waals surface area contributed by atoms with Crippen LogP contribution in [0.25, 0.3) is 0 Å². The zero-order chi connectivity index (χ0) is 16.1. The second kappa shape index (κ2) is 8.22. The van der Waals surface area contributed by atoms with Crippen LogP contribution in [-0.4, -0.2) is 53.2 Å². The van der Waals surface area contributed by atoms with Crippen LogP contribution in [0.15, 0.2) is 24.3 Å². The third-order valence-corrected chi connectivity index (χ3v) is 5.52. The molecule has 3 nitrogen and oxygen atoms in total. The van der Waals surface area contributed by atoms with Crippen molar-refractivity contribution in [1.29, 1.82) is 0 Å². The van der Waals surface area contributed by atoms with Crippen LogP contribution in [0, 0.1) is 5.82 Å². The summed E-state index contributed by atoms with van der Waals surface area (Å²) in [5, 5.41) is 9.43. The Hall–Kier alpha value is -0.970. The van der Waals surface area contributed by atoms with Crippen molar-refractivity contribution in [2.24, 2.45) is 0 Å². The molecule has 0 aromatic heterocycles. The predicted molar refractivity (Wildman–Crippen MR) is 90.7 cm³/mol. The quantitative estimate of drug-likeness (QED) is 0.903. The van der Waals surface area contributed by atoms with Gasteiger partial charge in [-0.25, -0.2) is 4.39 Å². The van der Waals surface area contributed by atoms with E-state index >= 15 is 0 Å². The van der Waals surface area contributed by atoms with Crippen LogP contribution < -0.4 is 0 Å². The van der Waals surface area contributed by atoms with E-state index < -0.39 is 0 Å². The number of hydrogen-bond donors (Lipinski definition) is 1. The van der Waals surface area contributed by atoms with Crippen LogP contribution in [0.2, 0.25) is 0 Å². The number of nitrogens with zero attached hydrogens (tertiary/aromatic N) is 2. The Morgan fingerprint density at radius 3 is 2.61 bits per heavy atom. The van der Waals surface area contributed by atoms with E-state index in [1.165, 1.54) is 38.2 Å². The Labute approximate surface area is 139 Å². The maximum absolute atomic E-state index is 13.9. The summed E-state index contributed by atoms with van der Waals surface area (Å²) in [4.78, 5) is 4.98. The molecule has 0 amide bonds. The number of hydrogen-bond acceptors (Lipinski definition) is 3. The number of piperazine rings is 1. The number of aliphatic hydroxyl groups is 1. The van der Waals surface area contributed by atoms with Gasteiger partial charge in [-0.1, -0.05) is 37.5 Å². The zero-order valence-electron chi connectivity index (χ0n) is 14.0. The molecule has 128 valence electrons. The van der Waals surface area contributed by atoms with E-state index in [0.717, 1.165) is 37.7 Å². The van der Waals surface area contributed by atoms with Gasteiger partial charge in [-0.15, -0.1) is 0 Å². The fraction of sp³-hybridized carbons (Fsp3) is 0.684. The van der Waals surface area contributed by atoms with Crippen molar-refractivity contribution in [3.05, 3.63) is 35.6 Å². The lowest BCUT2D eigenvalue weighted by Crippen LogP contribution is -2.56. The van der Waals surface area contributed by atoms with Gasteiger partial charge in [0.15, 0.2) is 0 Å². The lowest BCUT2D eigenvalue weighted by Gasteiger charge is -2.45. The highest BCUT2D eigenvalue weighted by Gasteiger charge is 2.31. The first-order valence-electron chi connectivity index (χ1n) is 9.10. The molecule has 1 N–H and O–H groups in total. The fourth-order valence-corrected chi connectivity index (χ4v) is 4.17. The van der Waals surface area contributed by atoms with Crippen LogP contribution in [0.3, 0.4) is 0 Å². The Bertz CT molecular complexity index is 490. The SMILES string of the molecule is OCC[C@@H]1CN(C2CCCCC2)CCN1Cc1ccccc1F. The molecule has 1 aromatic carbocycles. The summed E-state index contributed by atoms with van der Waals surface area (Å²) in [6.07, 6.45) is 7.50. The number of halogens is 1. The van der Waals surface area contributed by atoms with Crippen molar-refractivity contribution in [3.8, 4) is 0 Å². The van der Waals surface area contributed by atoms with Crippen molar-refractivity contribution in [2.45, 2.75) is 57.2 Å². The number of rotatable bonds is 5. The van der Waals surface area contributed by atoms with Gasteiger partial charge in [-0.05, 0) is 25.3 Å². The molecule has 1 saturated carbocycles. The Morgan fingerprint density at radius 2 is 1.87 bits per heavy atom. The third-order valence-electron chi connectivity index (χ3n) is 5.52. The van der Waals surface area contributed by atoms with E-state index in [1.807, 2.05) is 12.1 Å². The molecule has 0 spiro atoms. The molecule has 1 aromatic rings. The summed E-state index contributed by atoms with van der Waals surface area (Å²) in [7, 11) is 0. The average molecular weight is 320 g/mol. The van der Waals surface area contributed by atoms with Gasteiger partial charge in [-0.3, -0.25) is 9.80 Å². The van der Waals surface area contributed by atoms with E-state index in [4.69, 9.17) is 0 Å². The van der Waals surface area contributed by atoms with Gasteiger partial charge >= 0.3 is 0 Å². The molecule has 4 heteroatoms. The fourth-order valence-electron chi connectivity index (χ4n) is 4.17. The van der Waals surface area contributed by atoms with Crippen LogP contribution in [0.5, 0.6) is 0 Å². The highest BCUT2D eigenvalue weighted by atomic mass is 19.1. The highest BCUT2D eigenvalue weighted by molar-refractivity contribution is 5.17. The molecule has 2 fully saturated rings. The van der Waals surface area contributed by atoms with Gasteiger partial charge in [0, 0.05) is 50.4 Å². The van der Waals surface area contributed by atoms with Crippen molar-refractivity contribution in [3.63, 3.8) is 0 Å². The second-order valence-electron chi connectivity index (χ2n) is 7.01. The number of benzene rings is 1. The molecule has 0 unspecified atom stereocenters. The van der Waals surface area contributed by atoms with Crippen molar-refractivity contribution in [2.75, 3.05) is 26.2 Å².